The lowest BCUT2D eigenvalue weighted by Crippen LogP contribution is -2.05. The van der Waals surface area contributed by atoms with Gasteiger partial charge in [-0.15, -0.1) is 0 Å². The van der Waals surface area contributed by atoms with Crippen molar-refractivity contribution in [3.8, 4) is 0 Å². The van der Waals surface area contributed by atoms with Crippen LogP contribution in [-0.4, -0.2) is 4.62 Å². The molecule has 0 amide bonds. The third-order valence-corrected chi connectivity index (χ3v) is 2.71. The van der Waals surface area contributed by atoms with E-state index in [1.54, 1.807) is 0 Å². The first-order chi connectivity index (χ1) is 7.47. The van der Waals surface area contributed by atoms with Gasteiger partial charge in [-0.25, -0.2) is 0 Å². The molecular formula is C10H7BrF3NO. The second-order valence-electron chi connectivity index (χ2n) is 3.39. The van der Waals surface area contributed by atoms with E-state index < -0.39 is 11.7 Å². The molecule has 86 valence electrons. The number of rotatable bonds is 1. The molecule has 1 aliphatic heterocycles. The highest BCUT2D eigenvalue weighted by molar-refractivity contribution is 9.18. The average Bonchev–Trinajstić information content (AvgIpc) is 2.64. The molecule has 6 heteroatoms. The maximum atomic E-state index is 12.3. The van der Waals surface area contributed by atoms with E-state index in [4.69, 9.17) is 4.84 Å². The number of hydrogen-bond donors (Lipinski definition) is 0. The first-order valence-electron chi connectivity index (χ1n) is 4.52. The maximum absolute atomic E-state index is 12.3. The van der Waals surface area contributed by atoms with Crippen LogP contribution in [0.3, 0.4) is 0 Å². The Bertz CT molecular complexity index is 413. The van der Waals surface area contributed by atoms with Crippen molar-refractivity contribution in [1.82, 2.24) is 0 Å². The van der Waals surface area contributed by atoms with Gasteiger partial charge in [-0.05, 0) is 33.6 Å². The molecule has 0 bridgehead atoms. The van der Waals surface area contributed by atoms with E-state index in [2.05, 4.69) is 21.1 Å². The zero-order valence-electron chi connectivity index (χ0n) is 7.96. The number of oxime groups is 1. The van der Waals surface area contributed by atoms with Crippen molar-refractivity contribution in [1.29, 1.82) is 0 Å². The third-order valence-electron chi connectivity index (χ3n) is 2.24. The van der Waals surface area contributed by atoms with Crippen molar-refractivity contribution in [3.63, 3.8) is 0 Å². The highest BCUT2D eigenvalue weighted by Crippen LogP contribution is 2.33. The van der Waals surface area contributed by atoms with Crippen LogP contribution < -0.4 is 0 Å². The predicted octanol–water partition coefficient (Wildman–Crippen LogP) is 3.88. The van der Waals surface area contributed by atoms with Gasteiger partial charge in [0.1, 0.15) is 4.62 Å². The molecule has 0 saturated carbocycles. The Labute approximate surface area is 98.2 Å². The van der Waals surface area contributed by atoms with Crippen molar-refractivity contribution >= 4 is 20.6 Å². The Balaban J connectivity index is 2.15. The van der Waals surface area contributed by atoms with Crippen LogP contribution in [0.25, 0.3) is 0 Å². The van der Waals surface area contributed by atoms with Crippen LogP contribution in [0.4, 0.5) is 13.2 Å². The Kier molecular flexibility index (Phi) is 2.92. The molecule has 1 aromatic rings. The predicted molar refractivity (Wildman–Crippen MR) is 56.2 cm³/mol. The zero-order valence-corrected chi connectivity index (χ0v) is 9.55. The SMILES string of the molecule is FC(F)(F)c1ccc(C2CC(Br)=NO2)cc1. The van der Waals surface area contributed by atoms with Crippen molar-refractivity contribution in [2.45, 2.75) is 18.7 Å². The summed E-state index contributed by atoms with van der Waals surface area (Å²) in [7, 11) is 0. The van der Waals surface area contributed by atoms with Crippen molar-refractivity contribution in [2.24, 2.45) is 5.16 Å². The van der Waals surface area contributed by atoms with Gasteiger partial charge in [-0.2, -0.15) is 13.2 Å². The molecular weight excluding hydrogens is 287 g/mol. The van der Waals surface area contributed by atoms with Gasteiger partial charge in [0.15, 0.2) is 6.10 Å². The molecule has 0 aromatic heterocycles. The molecule has 1 aromatic carbocycles. The summed E-state index contributed by atoms with van der Waals surface area (Å²) in [6, 6.07) is 4.92. The highest BCUT2D eigenvalue weighted by atomic mass is 79.9. The summed E-state index contributed by atoms with van der Waals surface area (Å²) in [6.07, 6.45) is -4.05. The van der Waals surface area contributed by atoms with Crippen LogP contribution in [0, 0.1) is 0 Å². The highest BCUT2D eigenvalue weighted by Gasteiger charge is 2.30. The van der Waals surface area contributed by atoms with Gasteiger partial charge < -0.3 is 4.84 Å². The van der Waals surface area contributed by atoms with Crippen LogP contribution >= 0.6 is 15.9 Å². The van der Waals surface area contributed by atoms with E-state index >= 15 is 0 Å². The molecule has 2 rings (SSSR count). The van der Waals surface area contributed by atoms with E-state index in [1.165, 1.54) is 12.1 Å². The summed E-state index contributed by atoms with van der Waals surface area (Å²) in [5, 5.41) is 3.68. The first-order valence-corrected chi connectivity index (χ1v) is 5.31. The molecule has 0 saturated heterocycles. The van der Waals surface area contributed by atoms with Gasteiger partial charge in [0.25, 0.3) is 0 Å². The summed E-state index contributed by atoms with van der Waals surface area (Å²) in [5.41, 5.74) is 0.0282. The zero-order chi connectivity index (χ0) is 11.8. The summed E-state index contributed by atoms with van der Waals surface area (Å²) in [4.78, 5) is 5.04. The molecule has 1 heterocycles. The van der Waals surface area contributed by atoms with E-state index in [-0.39, 0.29) is 6.10 Å². The maximum Gasteiger partial charge on any atom is 0.416 e. The van der Waals surface area contributed by atoms with Crippen molar-refractivity contribution < 1.29 is 18.0 Å². The monoisotopic (exact) mass is 293 g/mol. The second-order valence-corrected chi connectivity index (χ2v) is 4.30. The molecule has 0 N–H and O–H groups in total. The van der Waals surface area contributed by atoms with Crippen LogP contribution in [0.5, 0.6) is 0 Å². The summed E-state index contributed by atoms with van der Waals surface area (Å²) < 4.78 is 37.6. The van der Waals surface area contributed by atoms with Crippen molar-refractivity contribution in [2.75, 3.05) is 0 Å². The molecule has 16 heavy (non-hydrogen) atoms. The smallest absolute Gasteiger partial charge is 0.386 e. The van der Waals surface area contributed by atoms with Gasteiger partial charge in [-0.1, -0.05) is 17.3 Å². The fourth-order valence-corrected chi connectivity index (χ4v) is 1.79. The summed E-state index contributed by atoms with van der Waals surface area (Å²) in [5.74, 6) is 0. The number of benzene rings is 1. The molecule has 0 fully saturated rings. The number of alkyl halides is 3. The summed E-state index contributed by atoms with van der Waals surface area (Å²) in [6.45, 7) is 0. The minimum Gasteiger partial charge on any atom is -0.386 e. The van der Waals surface area contributed by atoms with Crippen LogP contribution in [-0.2, 0) is 11.0 Å². The minimum absolute atomic E-state index is 0.295. The first kappa shape index (κ1) is 11.4. The fourth-order valence-electron chi connectivity index (χ4n) is 1.41. The average molecular weight is 294 g/mol. The molecule has 0 spiro atoms. The van der Waals surface area contributed by atoms with E-state index in [1.807, 2.05) is 0 Å². The second kappa shape index (κ2) is 4.08. The van der Waals surface area contributed by atoms with Gasteiger partial charge in [0.05, 0.1) is 5.56 Å². The van der Waals surface area contributed by atoms with E-state index in [9.17, 15) is 13.2 Å². The van der Waals surface area contributed by atoms with Crippen molar-refractivity contribution in [3.05, 3.63) is 35.4 Å². The van der Waals surface area contributed by atoms with Crippen LogP contribution in [0.15, 0.2) is 29.4 Å². The lowest BCUT2D eigenvalue weighted by Gasteiger charge is -2.10. The summed E-state index contributed by atoms with van der Waals surface area (Å²) >= 11 is 3.17. The largest absolute Gasteiger partial charge is 0.416 e. The number of nitrogens with zero attached hydrogens (tertiary/aromatic N) is 1. The number of hydrogen-bond acceptors (Lipinski definition) is 2. The quantitative estimate of drug-likeness (QED) is 0.770. The van der Waals surface area contributed by atoms with Crippen LogP contribution in [0.1, 0.15) is 23.7 Å². The Morgan fingerprint density at radius 2 is 1.88 bits per heavy atom. The molecule has 1 unspecified atom stereocenters. The Morgan fingerprint density at radius 3 is 2.31 bits per heavy atom. The third kappa shape index (κ3) is 2.37. The standard InChI is InChI=1S/C10H7BrF3NO/c11-9-5-8(16-15-9)6-1-3-7(4-2-6)10(12,13)14/h1-4,8H,5H2. The molecule has 0 radical (unpaired) electrons. The Hall–Kier alpha value is -1.04. The molecule has 1 atom stereocenters. The van der Waals surface area contributed by atoms with E-state index in [0.717, 1.165) is 12.1 Å². The number of halogens is 4. The molecule has 2 nitrogen and oxygen atoms in total. The normalized spacial score (nSPS) is 20.5. The lowest BCUT2D eigenvalue weighted by atomic mass is 10.1. The van der Waals surface area contributed by atoms with E-state index in [0.29, 0.717) is 16.6 Å². The Morgan fingerprint density at radius 1 is 1.25 bits per heavy atom. The lowest BCUT2D eigenvalue weighted by molar-refractivity contribution is -0.137. The topological polar surface area (TPSA) is 21.6 Å². The molecule has 1 aliphatic rings. The fraction of sp³-hybridized carbons (Fsp3) is 0.300. The van der Waals surface area contributed by atoms with Gasteiger partial charge in [0.2, 0.25) is 0 Å². The van der Waals surface area contributed by atoms with Crippen LogP contribution in [0.2, 0.25) is 0 Å². The van der Waals surface area contributed by atoms with Gasteiger partial charge in [0, 0.05) is 6.42 Å². The van der Waals surface area contributed by atoms with Gasteiger partial charge in [-0.3, -0.25) is 0 Å². The minimum atomic E-state index is -4.30. The molecule has 0 aliphatic carbocycles. The van der Waals surface area contributed by atoms with Gasteiger partial charge >= 0.3 is 6.18 Å².